The maximum atomic E-state index is 11.7. The Balaban J connectivity index is 2.59. The van der Waals surface area contributed by atoms with Crippen molar-refractivity contribution in [1.29, 1.82) is 0 Å². The third-order valence-corrected chi connectivity index (χ3v) is 3.10. The predicted molar refractivity (Wildman–Crippen MR) is 83.1 cm³/mol. The van der Waals surface area contributed by atoms with Gasteiger partial charge in [0.15, 0.2) is 0 Å². The number of rotatable bonds is 5. The van der Waals surface area contributed by atoms with Gasteiger partial charge in [0, 0.05) is 0 Å². The minimum Gasteiger partial charge on any atom is -0.467 e. The van der Waals surface area contributed by atoms with Gasteiger partial charge < -0.3 is 14.8 Å². The monoisotopic (exact) mass is 311 g/mol. The molecule has 5 nitrogen and oxygen atoms in total. The lowest BCUT2D eigenvalue weighted by Gasteiger charge is -2.22. The van der Waals surface area contributed by atoms with E-state index in [0.717, 1.165) is 5.56 Å². The van der Waals surface area contributed by atoms with Gasteiger partial charge >= 0.3 is 12.1 Å². The Labute approximate surface area is 128 Å². The smallest absolute Gasteiger partial charge is 0.408 e. The van der Waals surface area contributed by atoms with Gasteiger partial charge in [-0.2, -0.15) is 11.3 Å². The van der Waals surface area contributed by atoms with E-state index < -0.39 is 23.7 Å². The molecule has 1 rings (SSSR count). The highest BCUT2D eigenvalue weighted by molar-refractivity contribution is 7.08. The molecule has 1 aromatic heterocycles. The highest BCUT2D eigenvalue weighted by atomic mass is 32.1. The Kier molecular flexibility index (Phi) is 6.42. The van der Waals surface area contributed by atoms with Crippen molar-refractivity contribution in [2.75, 3.05) is 7.11 Å². The third-order valence-electron chi connectivity index (χ3n) is 2.40. The first kappa shape index (κ1) is 17.2. The second-order valence-electron chi connectivity index (χ2n) is 5.42. The van der Waals surface area contributed by atoms with Gasteiger partial charge in [-0.05, 0) is 49.6 Å². The zero-order chi connectivity index (χ0) is 15.9. The first-order chi connectivity index (χ1) is 9.81. The maximum absolute atomic E-state index is 11.7. The highest BCUT2D eigenvalue weighted by Gasteiger charge is 2.23. The number of hydrogen-bond donors (Lipinski definition) is 1. The van der Waals surface area contributed by atoms with E-state index in [9.17, 15) is 9.59 Å². The van der Waals surface area contributed by atoms with E-state index in [1.807, 2.05) is 29.0 Å². The van der Waals surface area contributed by atoms with Crippen molar-refractivity contribution < 1.29 is 19.1 Å². The van der Waals surface area contributed by atoms with E-state index in [2.05, 4.69) is 5.32 Å². The van der Waals surface area contributed by atoms with Gasteiger partial charge in [-0.25, -0.2) is 9.59 Å². The Bertz CT molecular complexity index is 488. The van der Waals surface area contributed by atoms with E-state index in [1.165, 1.54) is 7.11 Å². The lowest BCUT2D eigenvalue weighted by Crippen LogP contribution is -2.43. The standard InChI is InChI=1S/C15H21NO4S/c1-15(2,3)20-14(18)16-12(13(17)19-4)7-5-6-11-8-9-21-10-11/h5-6,8-10,12H,7H2,1-4H3,(H,16,18)/b6-5+/t12-/m0/s1. The summed E-state index contributed by atoms with van der Waals surface area (Å²) in [6.45, 7) is 5.28. The molecule has 6 heteroatoms. The van der Waals surface area contributed by atoms with Crippen LogP contribution in [0.25, 0.3) is 6.08 Å². The van der Waals surface area contributed by atoms with Crippen LogP contribution in [0.1, 0.15) is 32.8 Å². The first-order valence-corrected chi connectivity index (χ1v) is 7.52. The van der Waals surface area contributed by atoms with Crippen LogP contribution < -0.4 is 5.32 Å². The van der Waals surface area contributed by atoms with Gasteiger partial charge in [0.05, 0.1) is 7.11 Å². The van der Waals surface area contributed by atoms with Crippen LogP contribution in [-0.4, -0.2) is 30.8 Å². The number of carbonyl (C=O) groups is 2. The number of ether oxygens (including phenoxy) is 2. The summed E-state index contributed by atoms with van der Waals surface area (Å²) in [6, 6.07) is 1.20. The van der Waals surface area contributed by atoms with Crippen LogP contribution in [0.3, 0.4) is 0 Å². The summed E-state index contributed by atoms with van der Waals surface area (Å²) >= 11 is 1.59. The Morgan fingerprint density at radius 3 is 2.67 bits per heavy atom. The second kappa shape index (κ2) is 7.83. The fourth-order valence-corrected chi connectivity index (χ4v) is 2.14. The molecule has 0 saturated carbocycles. The summed E-state index contributed by atoms with van der Waals surface area (Å²) < 4.78 is 9.82. The maximum Gasteiger partial charge on any atom is 0.408 e. The largest absolute Gasteiger partial charge is 0.467 e. The highest BCUT2D eigenvalue weighted by Crippen LogP contribution is 2.10. The lowest BCUT2D eigenvalue weighted by molar-refractivity contribution is -0.143. The third kappa shape index (κ3) is 6.94. The minimum atomic E-state index is -0.764. The molecule has 1 amide bonds. The molecule has 0 aliphatic carbocycles. The van der Waals surface area contributed by atoms with Crippen molar-refractivity contribution in [2.45, 2.75) is 38.8 Å². The number of nitrogens with one attached hydrogen (secondary N) is 1. The van der Waals surface area contributed by atoms with Crippen LogP contribution in [0.5, 0.6) is 0 Å². The zero-order valence-electron chi connectivity index (χ0n) is 12.7. The van der Waals surface area contributed by atoms with E-state index >= 15 is 0 Å². The molecule has 1 N–H and O–H groups in total. The van der Waals surface area contributed by atoms with Crippen LogP contribution in [0.2, 0.25) is 0 Å². The molecule has 1 heterocycles. The van der Waals surface area contributed by atoms with Crippen molar-refractivity contribution >= 4 is 29.5 Å². The molecule has 0 unspecified atom stereocenters. The quantitative estimate of drug-likeness (QED) is 0.848. The SMILES string of the molecule is COC(=O)[C@H](C/C=C/c1ccsc1)NC(=O)OC(C)(C)C. The molecule has 0 radical (unpaired) electrons. The molecule has 1 aromatic rings. The van der Waals surface area contributed by atoms with E-state index in [-0.39, 0.29) is 0 Å². The number of alkyl carbamates (subject to hydrolysis) is 1. The van der Waals surface area contributed by atoms with Gasteiger partial charge in [-0.1, -0.05) is 12.2 Å². The molecule has 0 spiro atoms. The fraction of sp³-hybridized carbons (Fsp3) is 0.467. The van der Waals surface area contributed by atoms with Crippen molar-refractivity contribution in [3.63, 3.8) is 0 Å². The topological polar surface area (TPSA) is 64.6 Å². The lowest BCUT2D eigenvalue weighted by atomic mass is 10.1. The van der Waals surface area contributed by atoms with Crippen LogP contribution in [0.4, 0.5) is 4.79 Å². The molecule has 0 aliphatic heterocycles. The van der Waals surface area contributed by atoms with Gasteiger partial charge in [0.1, 0.15) is 11.6 Å². The molecule has 0 fully saturated rings. The molecule has 0 saturated heterocycles. The zero-order valence-corrected chi connectivity index (χ0v) is 13.5. The Hall–Kier alpha value is -1.82. The molecular formula is C15H21NO4S. The van der Waals surface area contributed by atoms with Gasteiger partial charge in [-0.15, -0.1) is 0 Å². The fourth-order valence-electron chi connectivity index (χ4n) is 1.52. The predicted octanol–water partition coefficient (Wildman–Crippen LogP) is 3.22. The van der Waals surface area contributed by atoms with E-state index in [1.54, 1.807) is 32.1 Å². The van der Waals surface area contributed by atoms with Crippen LogP contribution >= 0.6 is 11.3 Å². The summed E-state index contributed by atoms with van der Waals surface area (Å²) in [5, 5.41) is 6.48. The normalized spacial score (nSPS) is 13.0. The minimum absolute atomic E-state index is 0.335. The van der Waals surface area contributed by atoms with Gasteiger partial charge in [-0.3, -0.25) is 0 Å². The van der Waals surface area contributed by atoms with E-state index in [0.29, 0.717) is 6.42 Å². The van der Waals surface area contributed by atoms with Crippen molar-refractivity contribution in [1.82, 2.24) is 5.32 Å². The van der Waals surface area contributed by atoms with Crippen LogP contribution in [0.15, 0.2) is 22.9 Å². The molecule has 0 aromatic carbocycles. The molecular weight excluding hydrogens is 290 g/mol. The molecule has 1 atom stereocenters. The second-order valence-corrected chi connectivity index (χ2v) is 6.20. The first-order valence-electron chi connectivity index (χ1n) is 6.58. The number of esters is 1. The number of amides is 1. The number of methoxy groups -OCH3 is 1. The number of carbonyl (C=O) groups excluding carboxylic acids is 2. The molecule has 116 valence electrons. The average Bonchev–Trinajstić information content (AvgIpc) is 2.87. The Morgan fingerprint density at radius 1 is 1.43 bits per heavy atom. The summed E-state index contributed by atoms with van der Waals surface area (Å²) in [4.78, 5) is 23.4. The average molecular weight is 311 g/mol. The van der Waals surface area contributed by atoms with Crippen LogP contribution in [-0.2, 0) is 14.3 Å². The van der Waals surface area contributed by atoms with E-state index in [4.69, 9.17) is 9.47 Å². The number of thiophene rings is 1. The van der Waals surface area contributed by atoms with Crippen LogP contribution in [0, 0.1) is 0 Å². The summed E-state index contributed by atoms with van der Waals surface area (Å²) in [6.07, 6.45) is 3.41. The van der Waals surface area contributed by atoms with Crippen molar-refractivity contribution in [2.24, 2.45) is 0 Å². The molecule has 21 heavy (non-hydrogen) atoms. The van der Waals surface area contributed by atoms with Crippen molar-refractivity contribution in [3.8, 4) is 0 Å². The Morgan fingerprint density at radius 2 is 2.14 bits per heavy atom. The summed E-state index contributed by atoms with van der Waals surface area (Å²) in [5.74, 6) is -0.504. The molecule has 0 bridgehead atoms. The van der Waals surface area contributed by atoms with Gasteiger partial charge in [0.25, 0.3) is 0 Å². The molecule has 0 aliphatic rings. The van der Waals surface area contributed by atoms with Gasteiger partial charge in [0.2, 0.25) is 0 Å². The summed E-state index contributed by atoms with van der Waals surface area (Å²) in [5.41, 5.74) is 0.443. The summed E-state index contributed by atoms with van der Waals surface area (Å²) in [7, 11) is 1.29. The van der Waals surface area contributed by atoms with Crippen molar-refractivity contribution in [3.05, 3.63) is 28.5 Å². The number of hydrogen-bond acceptors (Lipinski definition) is 5.